The molecule has 2 rings (SSSR count). The van der Waals surface area contributed by atoms with Gasteiger partial charge in [0.05, 0.1) is 23.0 Å². The Bertz CT molecular complexity index is 602. The summed E-state index contributed by atoms with van der Waals surface area (Å²) in [5.74, 6) is -0.253. The Kier molecular flexibility index (Phi) is 3.44. The summed E-state index contributed by atoms with van der Waals surface area (Å²) in [6.45, 7) is 0.350. The third-order valence-corrected chi connectivity index (χ3v) is 2.61. The van der Waals surface area contributed by atoms with Gasteiger partial charge in [0.25, 0.3) is 0 Å². The third kappa shape index (κ3) is 2.58. The summed E-state index contributed by atoms with van der Waals surface area (Å²) in [7, 11) is 0. The zero-order valence-corrected chi connectivity index (χ0v) is 9.65. The molecule has 3 N–H and O–H groups in total. The summed E-state index contributed by atoms with van der Waals surface area (Å²) in [5.41, 5.74) is 8.04. The highest BCUT2D eigenvalue weighted by molar-refractivity contribution is 5.68. The largest absolute Gasteiger partial charge is 0.397 e. The normalized spacial score (nSPS) is 9.78. The summed E-state index contributed by atoms with van der Waals surface area (Å²) in [6, 6.07) is 13.5. The van der Waals surface area contributed by atoms with Gasteiger partial charge in [-0.05, 0) is 24.3 Å². The Morgan fingerprint density at radius 1 is 1.22 bits per heavy atom. The number of rotatable bonds is 3. The van der Waals surface area contributed by atoms with E-state index in [1.165, 1.54) is 6.07 Å². The van der Waals surface area contributed by atoms with E-state index in [0.29, 0.717) is 29.0 Å². The summed E-state index contributed by atoms with van der Waals surface area (Å²) >= 11 is 0. The fraction of sp³-hybridized carbons (Fsp3) is 0.0714. The predicted octanol–water partition coefficient (Wildman–Crippen LogP) is 2.89. The first-order valence-electron chi connectivity index (χ1n) is 5.47. The predicted molar refractivity (Wildman–Crippen MR) is 69.3 cm³/mol. The van der Waals surface area contributed by atoms with E-state index in [1.807, 2.05) is 6.07 Å². The van der Waals surface area contributed by atoms with Gasteiger partial charge in [-0.15, -0.1) is 0 Å². The van der Waals surface area contributed by atoms with Crippen LogP contribution < -0.4 is 11.1 Å². The van der Waals surface area contributed by atoms with Gasteiger partial charge in [-0.1, -0.05) is 18.2 Å². The Labute approximate surface area is 105 Å². The van der Waals surface area contributed by atoms with E-state index in [1.54, 1.807) is 36.4 Å². The van der Waals surface area contributed by atoms with Gasteiger partial charge < -0.3 is 11.1 Å². The van der Waals surface area contributed by atoms with E-state index in [9.17, 15) is 4.39 Å². The second-order valence-electron chi connectivity index (χ2n) is 3.86. The number of halogens is 1. The molecule has 0 saturated carbocycles. The van der Waals surface area contributed by atoms with Crippen molar-refractivity contribution in [1.82, 2.24) is 0 Å². The van der Waals surface area contributed by atoms with E-state index in [-0.39, 0.29) is 5.82 Å². The summed E-state index contributed by atoms with van der Waals surface area (Å²) in [6.07, 6.45) is 0. The van der Waals surface area contributed by atoms with Crippen LogP contribution in [-0.4, -0.2) is 0 Å². The number of nitrogens with one attached hydrogen (secondary N) is 1. The third-order valence-electron chi connectivity index (χ3n) is 2.61. The van der Waals surface area contributed by atoms with Crippen molar-refractivity contribution in [2.24, 2.45) is 0 Å². The minimum atomic E-state index is -0.253. The van der Waals surface area contributed by atoms with Crippen LogP contribution in [0.2, 0.25) is 0 Å². The van der Waals surface area contributed by atoms with Crippen molar-refractivity contribution < 1.29 is 4.39 Å². The maximum absolute atomic E-state index is 13.4. The number of hydrogen-bond donors (Lipinski definition) is 2. The molecule has 0 fully saturated rings. The molecule has 0 aliphatic heterocycles. The Balaban J connectivity index is 2.12. The van der Waals surface area contributed by atoms with Crippen molar-refractivity contribution in [1.29, 1.82) is 5.26 Å². The molecule has 0 aromatic heterocycles. The van der Waals surface area contributed by atoms with E-state index >= 15 is 0 Å². The zero-order chi connectivity index (χ0) is 13.0. The maximum Gasteiger partial charge on any atom is 0.128 e. The lowest BCUT2D eigenvalue weighted by molar-refractivity contribution is 0.613. The molecule has 0 aliphatic carbocycles. The fourth-order valence-electron chi connectivity index (χ4n) is 1.63. The Morgan fingerprint density at radius 2 is 2.00 bits per heavy atom. The highest BCUT2D eigenvalue weighted by Crippen LogP contribution is 2.20. The van der Waals surface area contributed by atoms with Crippen molar-refractivity contribution in [3.05, 3.63) is 59.4 Å². The minimum absolute atomic E-state index is 0.253. The average molecular weight is 241 g/mol. The van der Waals surface area contributed by atoms with Crippen LogP contribution in [0.25, 0.3) is 0 Å². The molecule has 4 heteroatoms. The van der Waals surface area contributed by atoms with Crippen LogP contribution in [-0.2, 0) is 6.54 Å². The Hall–Kier alpha value is -2.54. The molecule has 3 nitrogen and oxygen atoms in total. The topological polar surface area (TPSA) is 61.8 Å². The maximum atomic E-state index is 13.4. The average Bonchev–Trinajstić information content (AvgIpc) is 2.39. The van der Waals surface area contributed by atoms with Crippen LogP contribution in [0.15, 0.2) is 42.5 Å². The Morgan fingerprint density at radius 3 is 2.67 bits per heavy atom. The van der Waals surface area contributed by atoms with Gasteiger partial charge in [0.15, 0.2) is 0 Å². The standard InChI is InChI=1S/C14H12FN3/c15-12-4-2-1-3-11(12)9-18-14-6-5-10(8-16)7-13(14)17/h1-7,18H,9,17H2. The smallest absolute Gasteiger partial charge is 0.128 e. The molecule has 90 valence electrons. The number of hydrogen-bond acceptors (Lipinski definition) is 3. The SMILES string of the molecule is N#Cc1ccc(NCc2ccccc2F)c(N)c1. The van der Waals surface area contributed by atoms with Gasteiger partial charge >= 0.3 is 0 Å². The summed E-state index contributed by atoms with van der Waals surface area (Å²) in [4.78, 5) is 0. The van der Waals surface area contributed by atoms with Crippen molar-refractivity contribution >= 4 is 11.4 Å². The molecule has 0 amide bonds. The number of anilines is 2. The van der Waals surface area contributed by atoms with Gasteiger partial charge in [0.1, 0.15) is 5.82 Å². The van der Waals surface area contributed by atoms with Gasteiger partial charge in [0.2, 0.25) is 0 Å². The molecule has 0 spiro atoms. The fourth-order valence-corrected chi connectivity index (χ4v) is 1.63. The van der Waals surface area contributed by atoms with Crippen molar-refractivity contribution in [2.45, 2.75) is 6.54 Å². The van der Waals surface area contributed by atoms with Crippen LogP contribution in [0.5, 0.6) is 0 Å². The van der Waals surface area contributed by atoms with E-state index < -0.39 is 0 Å². The molecule has 18 heavy (non-hydrogen) atoms. The second kappa shape index (κ2) is 5.19. The zero-order valence-electron chi connectivity index (χ0n) is 9.65. The monoisotopic (exact) mass is 241 g/mol. The van der Waals surface area contributed by atoms with Gasteiger partial charge in [0, 0.05) is 12.1 Å². The molecule has 0 bridgehead atoms. The number of benzene rings is 2. The van der Waals surface area contributed by atoms with Gasteiger partial charge in [-0.2, -0.15) is 5.26 Å². The lowest BCUT2D eigenvalue weighted by Gasteiger charge is -2.10. The minimum Gasteiger partial charge on any atom is -0.397 e. The summed E-state index contributed by atoms with van der Waals surface area (Å²) < 4.78 is 13.4. The van der Waals surface area contributed by atoms with Crippen LogP contribution in [0.3, 0.4) is 0 Å². The highest BCUT2D eigenvalue weighted by atomic mass is 19.1. The molecule has 0 atom stereocenters. The molecular weight excluding hydrogens is 229 g/mol. The molecule has 2 aromatic rings. The molecule has 2 aromatic carbocycles. The van der Waals surface area contributed by atoms with Crippen LogP contribution >= 0.6 is 0 Å². The molecule has 0 aliphatic rings. The highest BCUT2D eigenvalue weighted by Gasteiger charge is 2.03. The first-order chi connectivity index (χ1) is 8.70. The lowest BCUT2D eigenvalue weighted by Crippen LogP contribution is -2.04. The van der Waals surface area contributed by atoms with E-state index in [0.717, 1.165) is 0 Å². The van der Waals surface area contributed by atoms with Gasteiger partial charge in [-0.25, -0.2) is 4.39 Å². The number of nitrogens with two attached hydrogens (primary N) is 1. The van der Waals surface area contributed by atoms with Crippen LogP contribution in [0.1, 0.15) is 11.1 Å². The molecule has 0 heterocycles. The molecule has 0 saturated heterocycles. The quantitative estimate of drug-likeness (QED) is 0.812. The second-order valence-corrected chi connectivity index (χ2v) is 3.86. The van der Waals surface area contributed by atoms with Crippen LogP contribution in [0, 0.1) is 17.1 Å². The molecule has 0 radical (unpaired) electrons. The van der Waals surface area contributed by atoms with E-state index in [2.05, 4.69) is 5.32 Å². The number of nitrogen functional groups attached to an aromatic ring is 1. The first kappa shape index (κ1) is 11.9. The number of nitrogens with zero attached hydrogens (tertiary/aromatic N) is 1. The molecule has 0 unspecified atom stereocenters. The van der Waals surface area contributed by atoms with Crippen molar-refractivity contribution in [3.8, 4) is 6.07 Å². The van der Waals surface area contributed by atoms with E-state index in [4.69, 9.17) is 11.0 Å². The molecular formula is C14H12FN3. The van der Waals surface area contributed by atoms with Crippen molar-refractivity contribution in [2.75, 3.05) is 11.1 Å². The van der Waals surface area contributed by atoms with Crippen LogP contribution in [0.4, 0.5) is 15.8 Å². The number of nitriles is 1. The first-order valence-corrected chi connectivity index (χ1v) is 5.47. The lowest BCUT2D eigenvalue weighted by atomic mass is 10.1. The van der Waals surface area contributed by atoms with Crippen molar-refractivity contribution in [3.63, 3.8) is 0 Å². The van der Waals surface area contributed by atoms with Gasteiger partial charge in [-0.3, -0.25) is 0 Å². The summed E-state index contributed by atoms with van der Waals surface area (Å²) in [5, 5.41) is 11.8.